The molecule has 1 nitrogen and oxygen atoms in total. The molecular weight excluding hydrogens is 237 g/mol. The number of nitrogens with one attached hydrogen (secondary N) is 1. The summed E-state index contributed by atoms with van der Waals surface area (Å²) in [6.45, 7) is 5.31. The Morgan fingerprint density at radius 3 is 2.71 bits per heavy atom. The smallest absolute Gasteiger partial charge is 0.142 e. The number of halogens is 2. The Bertz CT molecular complexity index is 394. The highest BCUT2D eigenvalue weighted by molar-refractivity contribution is 6.30. The molecule has 0 heterocycles. The zero-order chi connectivity index (χ0) is 12.4. The van der Waals surface area contributed by atoms with Crippen LogP contribution in [0.2, 0.25) is 5.02 Å². The molecular formula is C14H19ClFN. The highest BCUT2D eigenvalue weighted by atomic mass is 35.5. The van der Waals surface area contributed by atoms with Crippen LogP contribution in [0.1, 0.15) is 32.3 Å². The fourth-order valence-corrected chi connectivity index (χ4v) is 2.67. The van der Waals surface area contributed by atoms with Crippen LogP contribution in [-0.4, -0.2) is 6.04 Å². The summed E-state index contributed by atoms with van der Waals surface area (Å²) < 4.78 is 13.3. The van der Waals surface area contributed by atoms with Gasteiger partial charge in [-0.3, -0.25) is 0 Å². The molecule has 1 N–H and O–H groups in total. The lowest BCUT2D eigenvalue weighted by atomic mass is 9.98. The first-order chi connectivity index (χ1) is 8.08. The summed E-state index contributed by atoms with van der Waals surface area (Å²) in [5.41, 5.74) is 0.957. The van der Waals surface area contributed by atoms with Crippen molar-refractivity contribution in [3.63, 3.8) is 0 Å². The monoisotopic (exact) mass is 255 g/mol. The maximum Gasteiger partial charge on any atom is 0.142 e. The Balaban J connectivity index is 1.92. The second-order valence-electron chi connectivity index (χ2n) is 5.15. The molecule has 3 atom stereocenters. The summed E-state index contributed by atoms with van der Waals surface area (Å²) >= 11 is 5.65. The molecule has 1 aromatic rings. The van der Waals surface area contributed by atoms with Gasteiger partial charge in [0.2, 0.25) is 0 Å². The lowest BCUT2D eigenvalue weighted by Crippen LogP contribution is -2.31. The predicted octanol–water partition coefficient (Wildman–Crippen LogP) is 4.00. The SMILES string of the molecule is CC1CCC(NCc2ccc(Cl)c(F)c2)C1C. The molecule has 0 amide bonds. The van der Waals surface area contributed by atoms with Crippen LogP contribution in [0.25, 0.3) is 0 Å². The Kier molecular flexibility index (Phi) is 4.05. The minimum absolute atomic E-state index is 0.191. The van der Waals surface area contributed by atoms with E-state index in [9.17, 15) is 4.39 Å². The third-order valence-corrected chi connectivity index (χ3v) is 4.32. The van der Waals surface area contributed by atoms with Gasteiger partial charge in [0, 0.05) is 12.6 Å². The molecule has 1 aliphatic carbocycles. The van der Waals surface area contributed by atoms with Crippen molar-refractivity contribution >= 4 is 11.6 Å². The van der Waals surface area contributed by atoms with Crippen LogP contribution in [-0.2, 0) is 6.54 Å². The molecule has 0 saturated heterocycles. The largest absolute Gasteiger partial charge is 0.310 e. The lowest BCUT2D eigenvalue weighted by Gasteiger charge is -2.19. The van der Waals surface area contributed by atoms with E-state index in [2.05, 4.69) is 19.2 Å². The molecule has 1 fully saturated rings. The zero-order valence-corrected chi connectivity index (χ0v) is 11.1. The second-order valence-corrected chi connectivity index (χ2v) is 5.56. The molecule has 1 saturated carbocycles. The lowest BCUT2D eigenvalue weighted by molar-refractivity contribution is 0.369. The van der Waals surface area contributed by atoms with E-state index in [0.717, 1.165) is 18.0 Å². The molecule has 3 unspecified atom stereocenters. The van der Waals surface area contributed by atoms with Crippen molar-refractivity contribution in [3.8, 4) is 0 Å². The van der Waals surface area contributed by atoms with Crippen LogP contribution in [0.5, 0.6) is 0 Å². The molecule has 94 valence electrons. The zero-order valence-electron chi connectivity index (χ0n) is 10.3. The van der Waals surface area contributed by atoms with E-state index in [1.165, 1.54) is 18.9 Å². The van der Waals surface area contributed by atoms with Gasteiger partial charge in [-0.15, -0.1) is 0 Å². The van der Waals surface area contributed by atoms with Gasteiger partial charge in [0.15, 0.2) is 0 Å². The van der Waals surface area contributed by atoms with Crippen LogP contribution in [0.15, 0.2) is 18.2 Å². The quantitative estimate of drug-likeness (QED) is 0.861. The maximum atomic E-state index is 13.3. The van der Waals surface area contributed by atoms with Crippen LogP contribution in [0.4, 0.5) is 4.39 Å². The standard InChI is InChI=1S/C14H19ClFN/c1-9-3-6-14(10(9)2)17-8-11-4-5-12(15)13(16)7-11/h4-5,7,9-10,14,17H,3,6,8H2,1-2H3. The van der Waals surface area contributed by atoms with E-state index in [-0.39, 0.29) is 10.8 Å². The van der Waals surface area contributed by atoms with Gasteiger partial charge in [0.25, 0.3) is 0 Å². The summed E-state index contributed by atoms with van der Waals surface area (Å²) in [5, 5.41) is 3.71. The second kappa shape index (κ2) is 5.36. The third kappa shape index (κ3) is 2.99. The molecule has 0 spiro atoms. The topological polar surface area (TPSA) is 12.0 Å². The van der Waals surface area contributed by atoms with E-state index in [4.69, 9.17) is 11.6 Å². The first-order valence-corrected chi connectivity index (χ1v) is 6.63. The van der Waals surface area contributed by atoms with E-state index in [0.29, 0.717) is 12.0 Å². The number of hydrogen-bond acceptors (Lipinski definition) is 1. The van der Waals surface area contributed by atoms with Crippen molar-refractivity contribution < 1.29 is 4.39 Å². The number of rotatable bonds is 3. The Morgan fingerprint density at radius 2 is 2.12 bits per heavy atom. The molecule has 1 aromatic carbocycles. The Morgan fingerprint density at radius 1 is 1.35 bits per heavy atom. The highest BCUT2D eigenvalue weighted by Crippen LogP contribution is 2.31. The van der Waals surface area contributed by atoms with Gasteiger partial charge >= 0.3 is 0 Å². The summed E-state index contributed by atoms with van der Waals surface area (Å²) in [5.74, 6) is 1.15. The molecule has 0 aliphatic heterocycles. The molecule has 0 bridgehead atoms. The van der Waals surface area contributed by atoms with Crippen LogP contribution < -0.4 is 5.32 Å². The van der Waals surface area contributed by atoms with Crippen LogP contribution in [0.3, 0.4) is 0 Å². The van der Waals surface area contributed by atoms with E-state index < -0.39 is 0 Å². The van der Waals surface area contributed by atoms with E-state index in [1.54, 1.807) is 6.07 Å². The fourth-order valence-electron chi connectivity index (χ4n) is 2.55. The third-order valence-electron chi connectivity index (χ3n) is 4.02. The van der Waals surface area contributed by atoms with Crippen molar-refractivity contribution in [1.29, 1.82) is 0 Å². The van der Waals surface area contributed by atoms with E-state index in [1.807, 2.05) is 6.07 Å². The van der Waals surface area contributed by atoms with E-state index >= 15 is 0 Å². The normalized spacial score (nSPS) is 28.6. The summed E-state index contributed by atoms with van der Waals surface area (Å²) in [7, 11) is 0. The average Bonchev–Trinajstić information content (AvgIpc) is 2.62. The van der Waals surface area contributed by atoms with Crippen molar-refractivity contribution in [1.82, 2.24) is 5.32 Å². The van der Waals surface area contributed by atoms with Gasteiger partial charge in [-0.05, 0) is 42.4 Å². The molecule has 0 radical (unpaired) electrons. The van der Waals surface area contributed by atoms with Gasteiger partial charge in [0.1, 0.15) is 5.82 Å². The van der Waals surface area contributed by atoms with Crippen molar-refractivity contribution in [3.05, 3.63) is 34.6 Å². The molecule has 3 heteroatoms. The van der Waals surface area contributed by atoms with Gasteiger partial charge in [-0.2, -0.15) is 0 Å². The number of hydrogen-bond donors (Lipinski definition) is 1. The molecule has 0 aromatic heterocycles. The average molecular weight is 256 g/mol. The van der Waals surface area contributed by atoms with Gasteiger partial charge in [0.05, 0.1) is 5.02 Å². The summed E-state index contributed by atoms with van der Waals surface area (Å²) in [6, 6.07) is 5.57. The Labute approximate surface area is 107 Å². The first-order valence-electron chi connectivity index (χ1n) is 6.25. The first kappa shape index (κ1) is 12.8. The predicted molar refractivity (Wildman–Crippen MR) is 69.6 cm³/mol. The fraction of sp³-hybridized carbons (Fsp3) is 0.571. The molecule has 2 rings (SSSR count). The molecule has 1 aliphatic rings. The van der Waals surface area contributed by atoms with Gasteiger partial charge in [-0.25, -0.2) is 4.39 Å². The van der Waals surface area contributed by atoms with Gasteiger partial charge < -0.3 is 5.32 Å². The maximum absolute atomic E-state index is 13.3. The van der Waals surface area contributed by atoms with Crippen molar-refractivity contribution in [2.75, 3.05) is 0 Å². The van der Waals surface area contributed by atoms with Gasteiger partial charge in [-0.1, -0.05) is 31.5 Å². The van der Waals surface area contributed by atoms with Crippen molar-refractivity contribution in [2.24, 2.45) is 11.8 Å². The van der Waals surface area contributed by atoms with Crippen LogP contribution in [0, 0.1) is 17.7 Å². The molecule has 17 heavy (non-hydrogen) atoms. The minimum Gasteiger partial charge on any atom is -0.310 e. The summed E-state index contributed by atoms with van der Waals surface area (Å²) in [4.78, 5) is 0. The Hall–Kier alpha value is -0.600. The van der Waals surface area contributed by atoms with Crippen molar-refractivity contribution in [2.45, 2.75) is 39.3 Å². The number of benzene rings is 1. The van der Waals surface area contributed by atoms with Crippen LogP contribution >= 0.6 is 11.6 Å². The highest BCUT2D eigenvalue weighted by Gasteiger charge is 2.28. The summed E-state index contributed by atoms with van der Waals surface area (Å²) in [6.07, 6.45) is 2.51. The minimum atomic E-state index is -0.334.